The summed E-state index contributed by atoms with van der Waals surface area (Å²) in [6.45, 7) is 8.36. The molecule has 0 saturated carbocycles. The summed E-state index contributed by atoms with van der Waals surface area (Å²) in [7, 11) is 0. The van der Waals surface area contributed by atoms with E-state index in [-0.39, 0.29) is 0 Å². The largest absolute Gasteiger partial charge is 0.312 e. The van der Waals surface area contributed by atoms with Crippen molar-refractivity contribution in [2.24, 2.45) is 0 Å². The first kappa shape index (κ1) is 21.1. The Kier molecular flexibility index (Phi) is 4.51. The third-order valence-electron chi connectivity index (χ3n) is 7.68. The van der Waals surface area contributed by atoms with E-state index < -0.39 is 11.1 Å². The number of benzene rings is 5. The fourth-order valence-corrected chi connectivity index (χ4v) is 6.02. The molecule has 1 heterocycles. The summed E-state index contributed by atoms with van der Waals surface area (Å²) in [5.41, 5.74) is 6.40. The van der Waals surface area contributed by atoms with Crippen molar-refractivity contribution in [1.82, 2.24) is 5.06 Å². The highest BCUT2D eigenvalue weighted by Gasteiger charge is 2.48. The van der Waals surface area contributed by atoms with E-state index in [9.17, 15) is 5.21 Å². The van der Waals surface area contributed by atoms with Crippen molar-refractivity contribution in [3.63, 3.8) is 0 Å². The molecule has 0 radical (unpaired) electrons. The maximum Gasteiger partial charge on any atom is 0.0666 e. The molecule has 1 N–H and O–H groups in total. The summed E-state index contributed by atoms with van der Waals surface area (Å²) in [5.74, 6) is 0. The average molecular weight is 444 g/mol. The zero-order chi connectivity index (χ0) is 23.7. The van der Waals surface area contributed by atoms with Crippen LogP contribution < -0.4 is 0 Å². The second-order valence-corrected chi connectivity index (χ2v) is 10.4. The standard InChI is InChI=1S/C32H29NO/c1-31(2)27-19-18-22(20-28(27)32(3,4)33(31)34)30-25-16-10-8-14-23(25)29(21-12-6-5-7-13-21)24-15-9-11-17-26(24)30/h5-20,34H,1-4H3. The van der Waals surface area contributed by atoms with Crippen molar-refractivity contribution in [2.75, 3.05) is 0 Å². The van der Waals surface area contributed by atoms with Crippen LogP contribution in [-0.2, 0) is 11.1 Å². The monoisotopic (exact) mass is 443 g/mol. The lowest BCUT2D eigenvalue weighted by atomic mass is 9.83. The van der Waals surface area contributed by atoms with Crippen molar-refractivity contribution in [1.29, 1.82) is 0 Å². The fraction of sp³-hybridized carbons (Fsp3) is 0.188. The molecule has 0 atom stereocenters. The van der Waals surface area contributed by atoms with Gasteiger partial charge in [-0.2, -0.15) is 5.06 Å². The normalized spacial score (nSPS) is 16.7. The third-order valence-corrected chi connectivity index (χ3v) is 7.68. The van der Waals surface area contributed by atoms with Gasteiger partial charge in [0, 0.05) is 0 Å². The second-order valence-electron chi connectivity index (χ2n) is 10.4. The number of hydrogen-bond donors (Lipinski definition) is 1. The van der Waals surface area contributed by atoms with E-state index in [0.29, 0.717) is 0 Å². The number of hydroxylamine groups is 2. The predicted octanol–water partition coefficient (Wildman–Crippen LogP) is 8.50. The van der Waals surface area contributed by atoms with E-state index in [1.54, 1.807) is 0 Å². The van der Waals surface area contributed by atoms with Gasteiger partial charge in [-0.15, -0.1) is 0 Å². The highest BCUT2D eigenvalue weighted by Crippen LogP contribution is 2.50. The smallest absolute Gasteiger partial charge is 0.0666 e. The quantitative estimate of drug-likeness (QED) is 0.276. The molecule has 0 fully saturated rings. The van der Waals surface area contributed by atoms with E-state index in [2.05, 4.69) is 125 Å². The molecule has 1 aliphatic rings. The molecule has 168 valence electrons. The van der Waals surface area contributed by atoms with Gasteiger partial charge in [0.25, 0.3) is 0 Å². The summed E-state index contributed by atoms with van der Waals surface area (Å²) < 4.78 is 0. The first-order chi connectivity index (χ1) is 16.3. The second kappa shape index (κ2) is 7.27. The molecule has 5 aromatic carbocycles. The van der Waals surface area contributed by atoms with Gasteiger partial charge in [0.15, 0.2) is 0 Å². The van der Waals surface area contributed by atoms with Crippen LogP contribution in [-0.4, -0.2) is 10.3 Å². The van der Waals surface area contributed by atoms with Gasteiger partial charge in [0.05, 0.1) is 11.1 Å². The maximum atomic E-state index is 11.0. The Hall–Kier alpha value is -3.46. The lowest BCUT2D eigenvalue weighted by molar-refractivity contribution is -0.216. The minimum Gasteiger partial charge on any atom is -0.312 e. The minimum absolute atomic E-state index is 0.432. The number of fused-ring (bicyclic) bond motifs is 3. The SMILES string of the molecule is CC1(C)c2ccc(-c3c4ccccc4c(-c4ccccc4)c4ccccc34)cc2C(C)(C)N1O. The summed E-state index contributed by atoms with van der Waals surface area (Å²) in [4.78, 5) is 0. The first-order valence-electron chi connectivity index (χ1n) is 12.0. The van der Waals surface area contributed by atoms with Gasteiger partial charge in [0.2, 0.25) is 0 Å². The molecular formula is C32H29NO. The Morgan fingerprint density at radius 3 is 1.47 bits per heavy atom. The van der Waals surface area contributed by atoms with Crippen molar-refractivity contribution in [2.45, 2.75) is 38.8 Å². The zero-order valence-corrected chi connectivity index (χ0v) is 20.1. The minimum atomic E-state index is -0.468. The molecule has 0 aliphatic carbocycles. The highest BCUT2D eigenvalue weighted by atomic mass is 16.5. The number of hydrogen-bond acceptors (Lipinski definition) is 2. The van der Waals surface area contributed by atoms with Crippen molar-refractivity contribution in [3.05, 3.63) is 108 Å². The van der Waals surface area contributed by atoms with Gasteiger partial charge in [0.1, 0.15) is 0 Å². The van der Waals surface area contributed by atoms with Crippen LogP contribution in [0.15, 0.2) is 97.1 Å². The molecule has 6 rings (SSSR count). The maximum absolute atomic E-state index is 11.0. The Bertz CT molecular complexity index is 1510. The van der Waals surface area contributed by atoms with Gasteiger partial charge in [-0.1, -0.05) is 91.0 Å². The highest BCUT2D eigenvalue weighted by molar-refractivity contribution is 6.21. The van der Waals surface area contributed by atoms with E-state index >= 15 is 0 Å². The number of nitrogens with zero attached hydrogens (tertiary/aromatic N) is 1. The molecule has 0 unspecified atom stereocenters. The molecule has 0 spiro atoms. The molecule has 0 bridgehead atoms. The van der Waals surface area contributed by atoms with Gasteiger partial charge < -0.3 is 5.21 Å². The Morgan fingerprint density at radius 2 is 0.941 bits per heavy atom. The molecule has 5 aromatic rings. The Morgan fingerprint density at radius 1 is 0.500 bits per heavy atom. The third kappa shape index (κ3) is 2.82. The van der Waals surface area contributed by atoms with Crippen molar-refractivity contribution in [3.8, 4) is 22.3 Å². The Labute approximate surface area is 201 Å². The van der Waals surface area contributed by atoms with E-state index in [1.807, 2.05) is 0 Å². The fourth-order valence-electron chi connectivity index (χ4n) is 6.02. The molecule has 34 heavy (non-hydrogen) atoms. The van der Waals surface area contributed by atoms with Crippen LogP contribution in [0.1, 0.15) is 38.8 Å². The van der Waals surface area contributed by atoms with Gasteiger partial charge in [-0.25, -0.2) is 0 Å². The van der Waals surface area contributed by atoms with Crippen LogP contribution in [0, 0.1) is 0 Å². The van der Waals surface area contributed by atoms with E-state index in [0.717, 1.165) is 0 Å². The molecule has 0 amide bonds. The molecule has 1 aliphatic heterocycles. The molecule has 0 saturated heterocycles. The summed E-state index contributed by atoms with van der Waals surface area (Å²) in [6.07, 6.45) is 0. The van der Waals surface area contributed by atoms with Gasteiger partial charge in [-0.05, 0) is 88.7 Å². The van der Waals surface area contributed by atoms with Crippen molar-refractivity contribution >= 4 is 21.5 Å². The molecule has 2 nitrogen and oxygen atoms in total. The zero-order valence-electron chi connectivity index (χ0n) is 20.1. The van der Waals surface area contributed by atoms with Crippen LogP contribution >= 0.6 is 0 Å². The van der Waals surface area contributed by atoms with E-state index in [1.165, 1.54) is 60.0 Å². The van der Waals surface area contributed by atoms with Crippen LogP contribution in [0.25, 0.3) is 43.8 Å². The summed E-state index contributed by atoms with van der Waals surface area (Å²) >= 11 is 0. The lowest BCUT2D eigenvalue weighted by Gasteiger charge is -2.34. The van der Waals surface area contributed by atoms with Crippen LogP contribution in [0.3, 0.4) is 0 Å². The van der Waals surface area contributed by atoms with Gasteiger partial charge >= 0.3 is 0 Å². The topological polar surface area (TPSA) is 23.5 Å². The summed E-state index contributed by atoms with van der Waals surface area (Å²) in [6, 6.07) is 34.9. The van der Waals surface area contributed by atoms with Crippen LogP contribution in [0.5, 0.6) is 0 Å². The predicted molar refractivity (Wildman–Crippen MR) is 142 cm³/mol. The molecule has 0 aromatic heterocycles. The molecular weight excluding hydrogens is 414 g/mol. The first-order valence-corrected chi connectivity index (χ1v) is 12.0. The Balaban J connectivity index is 1.72. The van der Waals surface area contributed by atoms with Gasteiger partial charge in [-0.3, -0.25) is 0 Å². The average Bonchev–Trinajstić information content (AvgIpc) is 2.99. The summed E-state index contributed by atoms with van der Waals surface area (Å²) in [5, 5.41) is 17.5. The lowest BCUT2D eigenvalue weighted by Crippen LogP contribution is -2.42. The van der Waals surface area contributed by atoms with E-state index in [4.69, 9.17) is 0 Å². The van der Waals surface area contributed by atoms with Crippen LogP contribution in [0.4, 0.5) is 0 Å². The molecule has 2 heteroatoms. The number of rotatable bonds is 2. The van der Waals surface area contributed by atoms with Crippen molar-refractivity contribution < 1.29 is 5.21 Å². The van der Waals surface area contributed by atoms with Crippen LogP contribution in [0.2, 0.25) is 0 Å².